The number of H-pyrrole nitrogens is 1. The number of hydrogen-bond donors (Lipinski definition) is 2. The van der Waals surface area contributed by atoms with Crippen LogP contribution in [0.5, 0.6) is 0 Å². The van der Waals surface area contributed by atoms with Gasteiger partial charge < -0.3 is 20.9 Å². The second kappa shape index (κ2) is 16.5. The van der Waals surface area contributed by atoms with Crippen molar-refractivity contribution >= 4 is 36.2 Å². The third kappa shape index (κ3) is 10.3. The Morgan fingerprint density at radius 3 is 2.41 bits per heavy atom. The molecule has 3 rings (SSSR count). The molecule has 0 spiro atoms. The first-order valence-electron chi connectivity index (χ1n) is 9.18. The van der Waals surface area contributed by atoms with Crippen LogP contribution in [0.15, 0.2) is 55.0 Å². The zero-order chi connectivity index (χ0) is 21.3. The van der Waals surface area contributed by atoms with Gasteiger partial charge in [-0.05, 0) is 35.7 Å². The maximum absolute atomic E-state index is 11.9. The average molecular weight is 687 g/mol. The topological polar surface area (TPSA) is 86.0 Å². The van der Waals surface area contributed by atoms with Crippen molar-refractivity contribution in [1.29, 1.82) is 0 Å². The Morgan fingerprint density at radius 1 is 1.10 bits per heavy atom. The quantitative estimate of drug-likeness (QED) is 0.273. The van der Waals surface area contributed by atoms with Crippen LogP contribution in [-0.2, 0) is 33.8 Å². The maximum atomic E-state index is 11.9. The first-order valence-corrected chi connectivity index (χ1v) is 15.6. The van der Waals surface area contributed by atoms with E-state index < -0.39 is 0 Å². The van der Waals surface area contributed by atoms with Crippen molar-refractivity contribution in [3.05, 3.63) is 76.7 Å². The number of benzene rings is 1. The Balaban J connectivity index is 0.000000454. The third-order valence-corrected chi connectivity index (χ3v) is 4.05. The third-order valence-electron chi connectivity index (χ3n) is 4.05. The molecule has 0 unspecified atom stereocenters. The summed E-state index contributed by atoms with van der Waals surface area (Å²) in [6.45, 7) is 2.39. The number of fused-ring (bicyclic) bond motifs is 1. The fraction of sp³-hybridized carbons (Fsp3) is 0.333. The minimum absolute atomic E-state index is 0.0426. The molecule has 3 aromatic rings. The van der Waals surface area contributed by atoms with Gasteiger partial charge in [0.05, 0.1) is 6.42 Å². The number of aromatic nitrogens is 2. The summed E-state index contributed by atoms with van der Waals surface area (Å²) in [5.41, 5.74) is 3.35. The molecule has 29 heavy (non-hydrogen) atoms. The van der Waals surface area contributed by atoms with Gasteiger partial charge in [-0.15, -0.1) is 0 Å². The number of likely N-dealkylation sites (N-methyl/N-ethyl adjacent to an activating group) is 2. The van der Waals surface area contributed by atoms with Gasteiger partial charge in [-0.3, -0.25) is 9.78 Å². The van der Waals surface area contributed by atoms with E-state index in [2.05, 4.69) is 73.5 Å². The zero-order valence-electron chi connectivity index (χ0n) is 16.7. The van der Waals surface area contributed by atoms with Crippen LogP contribution in [0, 0.1) is 0 Å². The van der Waals surface area contributed by atoms with Gasteiger partial charge in [-0.1, -0.05) is 18.2 Å². The van der Waals surface area contributed by atoms with Crippen molar-refractivity contribution in [3.63, 3.8) is 0 Å². The number of nitrogens with zero attached hydrogens (tertiary/aromatic N) is 3. The molecule has 1 aromatic carbocycles. The molecule has 0 bridgehead atoms. The van der Waals surface area contributed by atoms with Crippen LogP contribution in [0.25, 0.3) is 21.5 Å². The van der Waals surface area contributed by atoms with E-state index in [1.165, 1.54) is 10.9 Å². The van der Waals surface area contributed by atoms with Crippen molar-refractivity contribution < 1.29 is 20.9 Å². The van der Waals surface area contributed by atoms with E-state index in [4.69, 9.17) is 0 Å². The molecule has 8 heteroatoms. The number of halogens is 1. The van der Waals surface area contributed by atoms with Crippen molar-refractivity contribution in [3.8, 4) is 0 Å². The molecule has 0 atom stereocenters. The Bertz CT molecular complexity index is 809. The van der Waals surface area contributed by atoms with Crippen molar-refractivity contribution in [2.24, 2.45) is 0 Å². The van der Waals surface area contributed by atoms with E-state index in [0.29, 0.717) is 13.0 Å². The monoisotopic (exact) mass is 687 g/mol. The number of carbonyl (C=O) groups excluding carboxylic acids is 1. The molecule has 0 saturated heterocycles. The van der Waals surface area contributed by atoms with Crippen LogP contribution < -0.4 is 5.32 Å². The summed E-state index contributed by atoms with van der Waals surface area (Å²) in [5.74, 6) is 0.0426. The molecule has 0 radical (unpaired) electrons. The van der Waals surface area contributed by atoms with Crippen LogP contribution >= 0.6 is 19.4 Å². The molecule has 0 aliphatic heterocycles. The standard InChI is InChI=1S/C17H17N3O.C4H10N2.HI.Pt/c21-17(11-13-5-8-18-9-6-13)19-10-7-14-12-20-16-4-2-1-3-15(14)16;1-5-3-4-6-2;;/h1-6,8-9,12,20H,7,10-11H2,(H,19,21);3-4H2,1-2H3;1H;/q;-2;;+1/p-1. The molecular formula is C21H27IN5OPt-2. The van der Waals surface area contributed by atoms with Crippen LogP contribution in [0.2, 0.25) is 0 Å². The van der Waals surface area contributed by atoms with Gasteiger partial charge in [0.15, 0.2) is 0 Å². The Hall–Kier alpha value is -1.28. The number of nitrogens with one attached hydrogen (secondary N) is 2. The summed E-state index contributed by atoms with van der Waals surface area (Å²) in [6.07, 6.45) is 6.64. The number of amides is 1. The predicted octanol–water partition coefficient (Wildman–Crippen LogP) is 4.34. The summed E-state index contributed by atoms with van der Waals surface area (Å²) in [5, 5.41) is 11.8. The molecule has 6 nitrogen and oxygen atoms in total. The van der Waals surface area contributed by atoms with E-state index >= 15 is 0 Å². The predicted molar refractivity (Wildman–Crippen MR) is 125 cm³/mol. The van der Waals surface area contributed by atoms with Crippen LogP contribution in [0.4, 0.5) is 0 Å². The van der Waals surface area contributed by atoms with Crippen molar-refractivity contribution in [2.45, 2.75) is 12.8 Å². The minimum atomic E-state index is 0.0426. The number of hydrogen-bond acceptors (Lipinski definition) is 2. The van der Waals surface area contributed by atoms with Gasteiger partial charge in [0.2, 0.25) is 5.91 Å². The van der Waals surface area contributed by atoms with E-state index in [-0.39, 0.29) is 5.91 Å². The fourth-order valence-corrected chi connectivity index (χ4v) is 2.62. The second-order valence-electron chi connectivity index (χ2n) is 6.07. The Labute approximate surface area is 194 Å². The molecule has 0 saturated carbocycles. The molecule has 2 N–H and O–H groups in total. The number of carbonyl (C=O) groups is 1. The van der Waals surface area contributed by atoms with Gasteiger partial charge in [-0.2, -0.15) is 27.2 Å². The number of pyridine rings is 1. The molecule has 0 fully saturated rings. The van der Waals surface area contributed by atoms with Crippen LogP contribution in [-0.4, -0.2) is 49.6 Å². The normalized spacial score (nSPS) is 9.83. The number of rotatable bonds is 8. The summed E-state index contributed by atoms with van der Waals surface area (Å²) in [7, 11) is 3.59. The average Bonchev–Trinajstić information content (AvgIpc) is 3.18. The van der Waals surface area contributed by atoms with E-state index in [1.54, 1.807) is 26.5 Å². The van der Waals surface area contributed by atoms with E-state index in [0.717, 1.165) is 30.6 Å². The SMILES string of the molecule is C[N-]CC[N-]C.O=C(Cc1ccncc1)NCCc1c[nH]c2ccccc12.[I][Pt]. The molecular weight excluding hydrogens is 660 g/mol. The van der Waals surface area contributed by atoms with Gasteiger partial charge >= 0.3 is 35.5 Å². The Kier molecular flexibility index (Phi) is 14.7. The first kappa shape index (κ1) is 25.8. The molecule has 0 aliphatic carbocycles. The van der Waals surface area contributed by atoms with E-state index in [1.807, 2.05) is 30.5 Å². The van der Waals surface area contributed by atoms with Crippen LogP contribution in [0.3, 0.4) is 0 Å². The summed E-state index contributed by atoms with van der Waals surface area (Å²) in [4.78, 5) is 19.1. The van der Waals surface area contributed by atoms with Gasteiger partial charge in [0.1, 0.15) is 0 Å². The number of aromatic amines is 1. The molecule has 1 amide bonds. The molecule has 0 aliphatic rings. The molecule has 2 aromatic heterocycles. The summed E-state index contributed by atoms with van der Waals surface area (Å²) < 4.78 is 0. The van der Waals surface area contributed by atoms with Gasteiger partial charge in [-0.25, -0.2) is 0 Å². The summed E-state index contributed by atoms with van der Waals surface area (Å²) >= 11 is 4.23. The fourth-order valence-electron chi connectivity index (χ4n) is 2.62. The van der Waals surface area contributed by atoms with Crippen molar-refractivity contribution in [2.75, 3.05) is 33.7 Å². The molecule has 2 heterocycles. The van der Waals surface area contributed by atoms with Crippen molar-refractivity contribution in [1.82, 2.24) is 15.3 Å². The summed E-state index contributed by atoms with van der Waals surface area (Å²) in [6, 6.07) is 11.9. The Morgan fingerprint density at radius 2 is 1.76 bits per heavy atom. The van der Waals surface area contributed by atoms with Gasteiger partial charge in [0, 0.05) is 36.0 Å². The number of para-hydroxylation sites is 1. The first-order chi connectivity index (χ1) is 14.2. The van der Waals surface area contributed by atoms with Gasteiger partial charge in [0.25, 0.3) is 0 Å². The zero-order valence-corrected chi connectivity index (χ0v) is 21.1. The van der Waals surface area contributed by atoms with Crippen LogP contribution in [0.1, 0.15) is 11.1 Å². The van der Waals surface area contributed by atoms with E-state index in [9.17, 15) is 4.79 Å². The molecule has 161 valence electrons. The second-order valence-corrected chi connectivity index (χ2v) is 6.07.